The zero-order chi connectivity index (χ0) is 14.7. The molecular formula is C15H18O5. The summed E-state index contributed by atoms with van der Waals surface area (Å²) in [4.78, 5) is 11.4. The average Bonchev–Trinajstić information content (AvgIpc) is 2.47. The molecule has 108 valence electrons. The van der Waals surface area contributed by atoms with Gasteiger partial charge in [-0.15, -0.1) is 0 Å². The van der Waals surface area contributed by atoms with Gasteiger partial charge in [-0.2, -0.15) is 0 Å². The van der Waals surface area contributed by atoms with Gasteiger partial charge in [-0.1, -0.05) is 6.07 Å². The Balaban J connectivity index is 2.46. The normalized spacial score (nSPS) is 21.8. The topological polar surface area (TPSA) is 54.0 Å². The smallest absolute Gasteiger partial charge is 0.317 e. The zero-order valence-electron chi connectivity index (χ0n) is 12.0. The molecule has 1 aromatic rings. The molecular weight excluding hydrogens is 260 g/mol. The Morgan fingerprint density at radius 2 is 1.80 bits per heavy atom. The van der Waals surface area contributed by atoms with Gasteiger partial charge in [-0.05, 0) is 25.1 Å². The van der Waals surface area contributed by atoms with Crippen LogP contribution in [0.25, 0.3) is 5.76 Å². The van der Waals surface area contributed by atoms with Crippen molar-refractivity contribution in [3.8, 4) is 11.5 Å². The molecule has 0 spiro atoms. The number of cyclic esters (lactones) is 1. The first-order valence-corrected chi connectivity index (χ1v) is 6.30. The predicted octanol–water partition coefficient (Wildman–Crippen LogP) is 2.25. The highest BCUT2D eigenvalue weighted by molar-refractivity contribution is 5.83. The van der Waals surface area contributed by atoms with Crippen LogP contribution < -0.4 is 9.47 Å². The van der Waals surface area contributed by atoms with Crippen LogP contribution >= 0.6 is 0 Å². The Morgan fingerprint density at radius 1 is 1.20 bits per heavy atom. The monoisotopic (exact) mass is 278 g/mol. The highest BCUT2D eigenvalue weighted by Crippen LogP contribution is 2.37. The molecule has 0 radical (unpaired) electrons. The van der Waals surface area contributed by atoms with Crippen LogP contribution in [-0.2, 0) is 14.3 Å². The molecule has 0 saturated carbocycles. The summed E-state index contributed by atoms with van der Waals surface area (Å²) in [6.45, 7) is 1.84. The number of rotatable bonds is 5. The Hall–Kier alpha value is -2.17. The molecule has 1 saturated heterocycles. The van der Waals surface area contributed by atoms with Gasteiger partial charge in [-0.25, -0.2) is 0 Å². The maximum absolute atomic E-state index is 11.4. The lowest BCUT2D eigenvalue weighted by atomic mass is 9.96. The third kappa shape index (κ3) is 2.43. The average molecular weight is 278 g/mol. The first-order valence-electron chi connectivity index (χ1n) is 6.30. The van der Waals surface area contributed by atoms with Gasteiger partial charge < -0.3 is 18.9 Å². The first-order chi connectivity index (χ1) is 9.62. The molecule has 1 aromatic carbocycles. The number of carbonyl (C=O) groups excluding carboxylic acids is 1. The van der Waals surface area contributed by atoms with Crippen molar-refractivity contribution in [3.63, 3.8) is 0 Å². The van der Waals surface area contributed by atoms with Crippen molar-refractivity contribution in [3.05, 3.63) is 29.8 Å². The number of hydrogen-bond acceptors (Lipinski definition) is 5. The second-order valence-electron chi connectivity index (χ2n) is 4.44. The molecule has 5 heteroatoms. The van der Waals surface area contributed by atoms with Crippen molar-refractivity contribution in [2.24, 2.45) is 5.92 Å². The quantitative estimate of drug-likeness (QED) is 0.611. The molecule has 0 N–H and O–H groups in total. The molecule has 1 heterocycles. The summed E-state index contributed by atoms with van der Waals surface area (Å²) in [5.41, 5.74) is 0.687. The first kappa shape index (κ1) is 14.2. The minimum atomic E-state index is -0.306. The van der Waals surface area contributed by atoms with Crippen LogP contribution in [0.5, 0.6) is 11.5 Å². The standard InChI is InChI=1S/C15H18O5/c1-9-10(15(16)20-9)8-13(19-4)14-11(17-2)6-5-7-12(14)18-3/h5-10H,1-4H3/b13-8+. The van der Waals surface area contributed by atoms with Gasteiger partial charge in [0.2, 0.25) is 0 Å². The van der Waals surface area contributed by atoms with Crippen molar-refractivity contribution in [2.45, 2.75) is 13.0 Å². The van der Waals surface area contributed by atoms with Gasteiger partial charge in [0.05, 0.1) is 21.3 Å². The molecule has 2 atom stereocenters. The van der Waals surface area contributed by atoms with E-state index in [-0.39, 0.29) is 18.0 Å². The van der Waals surface area contributed by atoms with E-state index in [9.17, 15) is 4.79 Å². The fraction of sp³-hybridized carbons (Fsp3) is 0.400. The highest BCUT2D eigenvalue weighted by Gasteiger charge is 2.38. The van der Waals surface area contributed by atoms with E-state index in [0.29, 0.717) is 22.8 Å². The van der Waals surface area contributed by atoms with Gasteiger partial charge in [0.1, 0.15) is 34.8 Å². The fourth-order valence-corrected chi connectivity index (χ4v) is 2.17. The van der Waals surface area contributed by atoms with Gasteiger partial charge in [0, 0.05) is 0 Å². The van der Waals surface area contributed by atoms with E-state index in [1.807, 2.05) is 25.1 Å². The molecule has 0 aliphatic carbocycles. The van der Waals surface area contributed by atoms with Crippen LogP contribution in [0.3, 0.4) is 0 Å². The van der Waals surface area contributed by atoms with E-state index in [1.54, 1.807) is 27.4 Å². The SMILES string of the molecule is CO/C(=C/C1C(=O)OC1C)c1c(OC)cccc1OC. The molecule has 2 rings (SSSR count). The Kier molecular flexibility index (Phi) is 4.17. The molecule has 1 fully saturated rings. The van der Waals surface area contributed by atoms with Crippen molar-refractivity contribution in [1.29, 1.82) is 0 Å². The summed E-state index contributed by atoms with van der Waals surface area (Å²) in [5.74, 6) is 1.23. The Bertz CT molecular complexity index is 513. The number of methoxy groups -OCH3 is 3. The molecule has 0 bridgehead atoms. The van der Waals surface area contributed by atoms with E-state index < -0.39 is 0 Å². The summed E-state index contributed by atoms with van der Waals surface area (Å²) in [6.07, 6.45) is 1.60. The molecule has 0 amide bonds. The minimum Gasteiger partial charge on any atom is -0.496 e. The number of ether oxygens (including phenoxy) is 4. The van der Waals surface area contributed by atoms with Crippen molar-refractivity contribution < 1.29 is 23.7 Å². The summed E-state index contributed by atoms with van der Waals surface area (Å²) < 4.78 is 21.0. The number of hydrogen-bond donors (Lipinski definition) is 0. The Morgan fingerprint density at radius 3 is 2.20 bits per heavy atom. The Labute approximate surface area is 118 Å². The third-order valence-electron chi connectivity index (χ3n) is 3.31. The fourth-order valence-electron chi connectivity index (χ4n) is 2.17. The van der Waals surface area contributed by atoms with Gasteiger partial charge in [-0.3, -0.25) is 4.79 Å². The predicted molar refractivity (Wildman–Crippen MR) is 73.6 cm³/mol. The zero-order valence-corrected chi connectivity index (χ0v) is 12.0. The second kappa shape index (κ2) is 5.86. The van der Waals surface area contributed by atoms with Crippen molar-refractivity contribution >= 4 is 11.7 Å². The maximum Gasteiger partial charge on any atom is 0.317 e. The molecule has 1 aliphatic heterocycles. The second-order valence-corrected chi connectivity index (χ2v) is 4.44. The largest absolute Gasteiger partial charge is 0.496 e. The molecule has 1 aliphatic rings. The van der Waals surface area contributed by atoms with Gasteiger partial charge >= 0.3 is 5.97 Å². The van der Waals surface area contributed by atoms with E-state index >= 15 is 0 Å². The summed E-state index contributed by atoms with van der Waals surface area (Å²) in [5, 5.41) is 0. The summed E-state index contributed by atoms with van der Waals surface area (Å²) >= 11 is 0. The molecule has 2 unspecified atom stereocenters. The van der Waals surface area contributed by atoms with Crippen molar-refractivity contribution in [1.82, 2.24) is 0 Å². The lowest BCUT2D eigenvalue weighted by molar-refractivity contribution is -0.176. The van der Waals surface area contributed by atoms with Crippen LogP contribution in [-0.4, -0.2) is 33.4 Å². The van der Waals surface area contributed by atoms with Gasteiger partial charge in [0.25, 0.3) is 0 Å². The lowest BCUT2D eigenvalue weighted by Gasteiger charge is -2.30. The number of esters is 1. The van der Waals surface area contributed by atoms with E-state index in [0.717, 1.165) is 0 Å². The van der Waals surface area contributed by atoms with Crippen LogP contribution in [0.2, 0.25) is 0 Å². The van der Waals surface area contributed by atoms with Crippen molar-refractivity contribution in [2.75, 3.05) is 21.3 Å². The minimum absolute atomic E-state index is 0.145. The maximum atomic E-state index is 11.4. The number of carbonyl (C=O) groups is 1. The van der Waals surface area contributed by atoms with Crippen LogP contribution in [0, 0.1) is 5.92 Å². The van der Waals surface area contributed by atoms with E-state index in [4.69, 9.17) is 18.9 Å². The van der Waals surface area contributed by atoms with Crippen LogP contribution in [0.15, 0.2) is 24.3 Å². The van der Waals surface area contributed by atoms with Crippen LogP contribution in [0.1, 0.15) is 12.5 Å². The van der Waals surface area contributed by atoms with Crippen LogP contribution in [0.4, 0.5) is 0 Å². The summed E-state index contributed by atoms with van der Waals surface area (Å²) in [7, 11) is 4.70. The van der Waals surface area contributed by atoms with E-state index in [2.05, 4.69) is 0 Å². The molecule has 20 heavy (non-hydrogen) atoms. The van der Waals surface area contributed by atoms with Gasteiger partial charge in [0.15, 0.2) is 0 Å². The third-order valence-corrected chi connectivity index (χ3v) is 3.31. The number of benzene rings is 1. The highest BCUT2D eigenvalue weighted by atomic mass is 16.6. The molecule has 5 nitrogen and oxygen atoms in total. The summed E-state index contributed by atoms with van der Waals surface area (Å²) in [6, 6.07) is 5.45. The molecule has 0 aromatic heterocycles. The van der Waals surface area contributed by atoms with E-state index in [1.165, 1.54) is 0 Å². The lowest BCUT2D eigenvalue weighted by Crippen LogP contribution is -2.41.